The second-order valence-electron chi connectivity index (χ2n) is 19.4. The minimum absolute atomic E-state index is 0.0450. The molecule has 0 saturated carbocycles. The van der Waals surface area contributed by atoms with Crippen LogP contribution in [0.2, 0.25) is 0 Å². The molecule has 1 fully saturated rings. The van der Waals surface area contributed by atoms with E-state index < -0.39 is 66.6 Å². The third-order valence-corrected chi connectivity index (χ3v) is 14.5. The summed E-state index contributed by atoms with van der Waals surface area (Å²) >= 11 is 1.48. The Morgan fingerprint density at radius 3 is 2.13 bits per heavy atom. The molecule has 392 valence electrons. The molecule has 10 atom stereocenters. The number of hydrogen-bond acceptors (Lipinski definition) is 12. The predicted octanol–water partition coefficient (Wildman–Crippen LogP) is 3.84. The number of hydrogen-bond donors (Lipinski definition) is 5. The first-order chi connectivity index (χ1) is 33.2. The molecule has 19 heteroatoms. The van der Waals surface area contributed by atoms with Gasteiger partial charge in [0, 0.05) is 53.4 Å². The van der Waals surface area contributed by atoms with Gasteiger partial charge in [-0.15, -0.1) is 11.3 Å². The number of nitrogens with two attached hydrogens (primary N) is 1. The van der Waals surface area contributed by atoms with Crippen LogP contribution in [-0.4, -0.2) is 151 Å². The fourth-order valence-electron chi connectivity index (χ4n) is 9.54. The summed E-state index contributed by atoms with van der Waals surface area (Å²) in [4.78, 5) is 105. The Labute approximate surface area is 420 Å². The topological polar surface area (TPSA) is 235 Å². The van der Waals surface area contributed by atoms with E-state index in [-0.39, 0.29) is 59.9 Å². The highest BCUT2D eigenvalue weighted by molar-refractivity contribution is 7.09. The standard InChI is InChI=1S/C51H83N9O9S/c1-13-33(6)45(59(10)51(67)43(31(2)3)57-49(66)44(32(4)5)58(9)42(63)30-54-48(65)37(55-35(8)61)22-17-18-24-52)40(68-11)29-41(62)60-26-19-23-39(60)46(69-12)34(7)47(64)56-38(50-53-25-27-70-50)28-36-20-15-14-16-21-36/h14-16,20-21,25,27,31-34,37-40,43-46H,13,17-19,22-24,26,28-30,52H2,1-12H3,(H,54,65)(H,55,61)(H,56,64)(H,57,66)/t33-,34+,37?,38-,39-,40+,43-,44-,45-,46+/m0/s1. The highest BCUT2D eigenvalue weighted by Crippen LogP contribution is 2.31. The number of likely N-dealkylation sites (N-methyl/N-ethyl adjacent to an activating group) is 2. The van der Waals surface area contributed by atoms with Crippen molar-refractivity contribution in [2.45, 2.75) is 155 Å². The zero-order valence-corrected chi connectivity index (χ0v) is 44.5. The number of carbonyl (C=O) groups is 7. The molecule has 3 rings (SSSR count). The lowest BCUT2D eigenvalue weighted by molar-refractivity contribution is -0.148. The Bertz CT molecular complexity index is 1970. The number of likely N-dealkylation sites (tertiary alicyclic amines) is 1. The Kier molecular flexibility index (Phi) is 24.9. The van der Waals surface area contributed by atoms with Gasteiger partial charge >= 0.3 is 0 Å². The van der Waals surface area contributed by atoms with E-state index in [2.05, 4.69) is 26.3 Å². The van der Waals surface area contributed by atoms with E-state index in [0.29, 0.717) is 51.6 Å². The van der Waals surface area contributed by atoms with Gasteiger partial charge in [-0.3, -0.25) is 33.6 Å². The van der Waals surface area contributed by atoms with E-state index in [1.54, 1.807) is 44.0 Å². The number of nitrogens with zero attached hydrogens (tertiary/aromatic N) is 4. The first-order valence-electron chi connectivity index (χ1n) is 24.9. The average molecular weight is 998 g/mol. The molecule has 2 aromatic rings. The molecule has 0 radical (unpaired) electrons. The normalized spacial score (nSPS) is 17.6. The molecule has 18 nitrogen and oxygen atoms in total. The number of rotatable bonds is 29. The van der Waals surface area contributed by atoms with Gasteiger partial charge in [-0.2, -0.15) is 0 Å². The van der Waals surface area contributed by atoms with Crippen LogP contribution in [0.5, 0.6) is 0 Å². The van der Waals surface area contributed by atoms with Crippen LogP contribution in [0.25, 0.3) is 0 Å². The third kappa shape index (κ3) is 16.8. The van der Waals surface area contributed by atoms with E-state index in [0.717, 1.165) is 17.0 Å². The van der Waals surface area contributed by atoms with Crippen molar-refractivity contribution in [2.75, 3.05) is 47.9 Å². The van der Waals surface area contributed by atoms with Gasteiger partial charge in [0.05, 0.1) is 49.2 Å². The van der Waals surface area contributed by atoms with E-state index in [9.17, 15) is 33.6 Å². The second-order valence-corrected chi connectivity index (χ2v) is 20.3. The maximum atomic E-state index is 14.7. The summed E-state index contributed by atoms with van der Waals surface area (Å²) in [6, 6.07) is 5.77. The number of thiazole rings is 1. The maximum absolute atomic E-state index is 14.7. The fourth-order valence-corrected chi connectivity index (χ4v) is 10.2. The van der Waals surface area contributed by atoms with Gasteiger partial charge in [-0.1, -0.05) is 85.2 Å². The van der Waals surface area contributed by atoms with Gasteiger partial charge in [-0.05, 0) is 68.4 Å². The van der Waals surface area contributed by atoms with Gasteiger partial charge in [0.25, 0.3) is 0 Å². The number of ether oxygens (including phenoxy) is 2. The molecule has 1 unspecified atom stereocenters. The van der Waals surface area contributed by atoms with Crippen molar-refractivity contribution in [3.05, 3.63) is 52.5 Å². The fraction of sp³-hybridized carbons (Fsp3) is 0.686. The van der Waals surface area contributed by atoms with Gasteiger partial charge in [0.2, 0.25) is 41.4 Å². The van der Waals surface area contributed by atoms with Crippen molar-refractivity contribution < 1.29 is 43.0 Å². The summed E-state index contributed by atoms with van der Waals surface area (Å²) in [5.41, 5.74) is 6.66. The quantitative estimate of drug-likeness (QED) is 0.0735. The minimum Gasteiger partial charge on any atom is -0.379 e. The SMILES string of the molecule is CC[C@H](C)[C@@H]([C@@H](CC(=O)N1CCC[C@H]1[C@H](OC)[C@@H](C)C(=O)N[C@@H](Cc1ccccc1)c1nccs1)OC)N(C)C(=O)[C@@H](NC(=O)[C@H](C(C)C)N(C)C(=O)CNC(=O)C(CCCCN)NC(C)=O)C(C)C. The molecule has 1 saturated heterocycles. The molecular formula is C51H83N9O9S. The smallest absolute Gasteiger partial charge is 0.245 e. The molecule has 7 amide bonds. The Hall–Kier alpha value is -4.98. The van der Waals surface area contributed by atoms with E-state index in [1.807, 2.05) is 70.3 Å². The van der Waals surface area contributed by atoms with Crippen LogP contribution in [0.4, 0.5) is 0 Å². The number of carbonyl (C=O) groups excluding carboxylic acids is 7. The third-order valence-electron chi connectivity index (χ3n) is 13.6. The predicted molar refractivity (Wildman–Crippen MR) is 271 cm³/mol. The Morgan fingerprint density at radius 1 is 0.886 bits per heavy atom. The first-order valence-corrected chi connectivity index (χ1v) is 25.8. The number of methoxy groups -OCH3 is 2. The first kappa shape index (κ1) is 59.3. The highest BCUT2D eigenvalue weighted by atomic mass is 32.1. The van der Waals surface area contributed by atoms with Crippen LogP contribution in [0, 0.1) is 23.7 Å². The van der Waals surface area contributed by atoms with Crippen molar-refractivity contribution in [1.82, 2.24) is 41.0 Å². The summed E-state index contributed by atoms with van der Waals surface area (Å²) in [6.07, 6.45) is 4.56. The van der Waals surface area contributed by atoms with Crippen molar-refractivity contribution in [3.8, 4) is 0 Å². The monoisotopic (exact) mass is 998 g/mol. The molecule has 6 N–H and O–H groups in total. The van der Waals surface area contributed by atoms with Crippen LogP contribution in [0.1, 0.15) is 117 Å². The van der Waals surface area contributed by atoms with Gasteiger partial charge < -0.3 is 51.2 Å². The molecule has 1 aromatic carbocycles. The minimum atomic E-state index is -1.01. The number of benzene rings is 1. The molecule has 2 heterocycles. The molecule has 0 aliphatic carbocycles. The number of nitrogens with one attached hydrogen (secondary N) is 4. The molecule has 70 heavy (non-hydrogen) atoms. The van der Waals surface area contributed by atoms with Gasteiger partial charge in [0.15, 0.2) is 0 Å². The maximum Gasteiger partial charge on any atom is 0.245 e. The summed E-state index contributed by atoms with van der Waals surface area (Å²) in [5, 5.41) is 14.1. The Balaban J connectivity index is 1.76. The lowest BCUT2D eigenvalue weighted by atomic mass is 9.89. The van der Waals surface area contributed by atoms with Crippen LogP contribution >= 0.6 is 11.3 Å². The zero-order chi connectivity index (χ0) is 52.2. The van der Waals surface area contributed by atoms with Crippen LogP contribution in [0.3, 0.4) is 0 Å². The number of unbranched alkanes of at least 4 members (excludes halogenated alkanes) is 1. The van der Waals surface area contributed by atoms with Crippen LogP contribution in [-0.2, 0) is 49.5 Å². The molecule has 1 aliphatic rings. The average Bonchev–Trinajstić information content (AvgIpc) is 4.05. The van der Waals surface area contributed by atoms with Crippen molar-refractivity contribution in [2.24, 2.45) is 29.4 Å². The summed E-state index contributed by atoms with van der Waals surface area (Å²) < 4.78 is 12.1. The molecule has 1 aliphatic heterocycles. The lowest BCUT2D eigenvalue weighted by Gasteiger charge is -2.41. The van der Waals surface area contributed by atoms with Gasteiger partial charge in [-0.25, -0.2) is 4.98 Å². The number of aromatic nitrogens is 1. The van der Waals surface area contributed by atoms with Crippen molar-refractivity contribution in [3.63, 3.8) is 0 Å². The largest absolute Gasteiger partial charge is 0.379 e. The summed E-state index contributed by atoms with van der Waals surface area (Å²) in [5.74, 6) is -4.24. The van der Waals surface area contributed by atoms with E-state index in [4.69, 9.17) is 15.2 Å². The highest BCUT2D eigenvalue weighted by Gasteiger charge is 2.44. The van der Waals surface area contributed by atoms with Crippen molar-refractivity contribution in [1.29, 1.82) is 0 Å². The molecule has 0 spiro atoms. The molecule has 0 bridgehead atoms. The van der Waals surface area contributed by atoms with E-state index >= 15 is 0 Å². The van der Waals surface area contributed by atoms with Gasteiger partial charge in [0.1, 0.15) is 23.1 Å². The summed E-state index contributed by atoms with van der Waals surface area (Å²) in [6.45, 7) is 14.9. The second kappa shape index (κ2) is 29.4. The lowest BCUT2D eigenvalue weighted by Crippen LogP contribution is -2.60. The zero-order valence-electron chi connectivity index (χ0n) is 43.7. The molecular weight excluding hydrogens is 915 g/mol. The van der Waals surface area contributed by atoms with Crippen LogP contribution in [0.15, 0.2) is 41.9 Å². The molecule has 1 aromatic heterocycles. The Morgan fingerprint density at radius 2 is 1.57 bits per heavy atom. The summed E-state index contributed by atoms with van der Waals surface area (Å²) in [7, 11) is 6.23. The van der Waals surface area contributed by atoms with Crippen molar-refractivity contribution >= 4 is 52.7 Å². The van der Waals surface area contributed by atoms with E-state index in [1.165, 1.54) is 37.3 Å². The number of amides is 7. The van der Waals surface area contributed by atoms with Crippen LogP contribution < -0.4 is 27.0 Å².